The molecule has 2 unspecified atom stereocenters. The van der Waals surface area contributed by atoms with Gasteiger partial charge in [0.1, 0.15) is 6.04 Å². The molecule has 11 heteroatoms. The van der Waals surface area contributed by atoms with E-state index < -0.39 is 41.7 Å². The Hall–Kier alpha value is -3.89. The number of nitrogens with one attached hydrogen (secondary N) is 2. The van der Waals surface area contributed by atoms with Gasteiger partial charge in [0.25, 0.3) is 5.91 Å². The number of amides is 4. The Morgan fingerprint density at radius 1 is 1.16 bits per heavy atom. The number of alkyl halides is 3. The Labute approximate surface area is 212 Å². The van der Waals surface area contributed by atoms with E-state index in [4.69, 9.17) is 0 Å². The molecule has 1 aromatic heterocycles. The Bertz CT molecular complexity index is 1230. The number of likely N-dealkylation sites (N-methyl/N-ethyl adjacent to an activating group) is 1. The predicted octanol–water partition coefficient (Wildman–Crippen LogP) is 3.62. The second-order valence-electron chi connectivity index (χ2n) is 9.23. The maximum absolute atomic E-state index is 13.8. The lowest BCUT2D eigenvalue weighted by Crippen LogP contribution is -2.51. The molecule has 0 aliphatic carbocycles. The van der Waals surface area contributed by atoms with Crippen molar-refractivity contribution in [3.05, 3.63) is 76.8 Å². The van der Waals surface area contributed by atoms with Crippen molar-refractivity contribution in [3.63, 3.8) is 0 Å². The molecule has 0 fully saturated rings. The Kier molecular flexibility index (Phi) is 7.24. The normalized spacial score (nSPS) is 18.7. The quantitative estimate of drug-likeness (QED) is 0.589. The number of benzene rings is 1. The average Bonchev–Trinajstić information content (AvgIpc) is 3.18. The maximum atomic E-state index is 13.8. The third kappa shape index (κ3) is 5.03. The molecule has 37 heavy (non-hydrogen) atoms. The van der Waals surface area contributed by atoms with Gasteiger partial charge in [0, 0.05) is 12.7 Å². The van der Waals surface area contributed by atoms with Crippen LogP contribution in [-0.4, -0.2) is 51.8 Å². The smallest absolute Gasteiger partial charge is 0.349 e. The van der Waals surface area contributed by atoms with Gasteiger partial charge in [-0.15, -0.1) is 0 Å². The summed E-state index contributed by atoms with van der Waals surface area (Å²) in [5, 5.41) is 5.39. The van der Waals surface area contributed by atoms with Gasteiger partial charge in [-0.25, -0.2) is 4.79 Å². The summed E-state index contributed by atoms with van der Waals surface area (Å²) < 4.78 is 41.5. The van der Waals surface area contributed by atoms with E-state index in [0.717, 1.165) is 6.07 Å². The Morgan fingerprint density at radius 3 is 2.49 bits per heavy atom. The SMILES string of the molecule is CCN1C(=O)NC(c2ccccc2C(F)(F)F)C2=C1CN(C(C(=O)NCc1ccccn1)C(C)C)C2=O. The van der Waals surface area contributed by atoms with E-state index in [-0.39, 0.29) is 36.7 Å². The zero-order valence-corrected chi connectivity index (χ0v) is 20.7. The summed E-state index contributed by atoms with van der Waals surface area (Å²) in [6.07, 6.45) is -3.08. The molecule has 0 bridgehead atoms. The number of aromatic nitrogens is 1. The minimum absolute atomic E-state index is 0.0429. The van der Waals surface area contributed by atoms with Crippen LogP contribution in [0.15, 0.2) is 59.9 Å². The highest BCUT2D eigenvalue weighted by molar-refractivity contribution is 6.03. The monoisotopic (exact) mass is 515 g/mol. The summed E-state index contributed by atoms with van der Waals surface area (Å²) in [6, 6.07) is 7.37. The first kappa shape index (κ1) is 26.2. The first-order valence-electron chi connectivity index (χ1n) is 12.0. The number of carbonyl (C=O) groups excluding carboxylic acids is 3. The third-order valence-electron chi connectivity index (χ3n) is 6.55. The van der Waals surface area contributed by atoms with Gasteiger partial charge in [-0.3, -0.25) is 19.5 Å². The van der Waals surface area contributed by atoms with Crippen LogP contribution >= 0.6 is 0 Å². The highest BCUT2D eigenvalue weighted by atomic mass is 19.4. The second-order valence-corrected chi connectivity index (χ2v) is 9.23. The molecule has 2 atom stereocenters. The van der Waals surface area contributed by atoms with Crippen molar-refractivity contribution in [2.45, 2.75) is 45.6 Å². The summed E-state index contributed by atoms with van der Waals surface area (Å²) >= 11 is 0. The lowest BCUT2D eigenvalue weighted by Gasteiger charge is -2.33. The van der Waals surface area contributed by atoms with Crippen LogP contribution in [0.1, 0.15) is 43.6 Å². The van der Waals surface area contributed by atoms with Crippen LogP contribution < -0.4 is 10.6 Å². The fraction of sp³-hybridized carbons (Fsp3) is 0.385. The molecular formula is C26H28F3N5O3. The molecule has 2 aliphatic heterocycles. The predicted molar refractivity (Wildman–Crippen MR) is 129 cm³/mol. The standard InChI is InChI=1S/C26H28F3N5O3/c1-4-33-19-14-34(22(15(2)3)23(35)31-13-16-9-7-8-12-30-16)24(36)20(19)21(32-25(33)37)17-10-5-6-11-18(17)26(27,28)29/h5-12,15,21-22H,4,13-14H2,1-3H3,(H,31,35)(H,32,37). The summed E-state index contributed by atoms with van der Waals surface area (Å²) in [5.41, 5.74) is -0.165. The van der Waals surface area contributed by atoms with Gasteiger partial charge >= 0.3 is 12.2 Å². The van der Waals surface area contributed by atoms with Gasteiger partial charge < -0.3 is 15.5 Å². The number of carbonyl (C=O) groups is 3. The van der Waals surface area contributed by atoms with E-state index in [1.165, 1.54) is 28.0 Å². The lowest BCUT2D eigenvalue weighted by molar-refractivity contribution is -0.139. The molecule has 2 aromatic rings. The Balaban J connectivity index is 1.69. The summed E-state index contributed by atoms with van der Waals surface area (Å²) in [4.78, 5) is 46.8. The first-order valence-corrected chi connectivity index (χ1v) is 12.0. The fourth-order valence-electron chi connectivity index (χ4n) is 4.90. The molecule has 0 saturated heterocycles. The van der Waals surface area contributed by atoms with Crippen LogP contribution in [0.25, 0.3) is 0 Å². The van der Waals surface area contributed by atoms with Crippen molar-refractivity contribution in [1.29, 1.82) is 0 Å². The van der Waals surface area contributed by atoms with Crippen LogP contribution in [-0.2, 0) is 22.3 Å². The summed E-state index contributed by atoms with van der Waals surface area (Å²) in [5.74, 6) is -1.31. The molecule has 4 rings (SSSR count). The van der Waals surface area contributed by atoms with Crippen LogP contribution in [0.5, 0.6) is 0 Å². The lowest BCUT2D eigenvalue weighted by atomic mass is 9.91. The molecule has 0 spiro atoms. The molecule has 4 amide bonds. The van der Waals surface area contributed by atoms with Crippen LogP contribution in [0, 0.1) is 5.92 Å². The highest BCUT2D eigenvalue weighted by Gasteiger charge is 2.49. The molecular weight excluding hydrogens is 487 g/mol. The topological polar surface area (TPSA) is 94.6 Å². The van der Waals surface area contributed by atoms with Gasteiger partial charge in [-0.2, -0.15) is 13.2 Å². The van der Waals surface area contributed by atoms with Crippen molar-refractivity contribution in [3.8, 4) is 0 Å². The molecule has 2 N–H and O–H groups in total. The molecule has 2 aliphatic rings. The number of urea groups is 1. The van der Waals surface area contributed by atoms with E-state index >= 15 is 0 Å². The van der Waals surface area contributed by atoms with Crippen molar-refractivity contribution in [2.75, 3.05) is 13.1 Å². The summed E-state index contributed by atoms with van der Waals surface area (Å²) in [7, 11) is 0. The van der Waals surface area contributed by atoms with Gasteiger partial charge in [0.2, 0.25) is 5.91 Å². The van der Waals surface area contributed by atoms with Crippen molar-refractivity contribution >= 4 is 17.8 Å². The minimum atomic E-state index is -4.68. The maximum Gasteiger partial charge on any atom is 0.416 e. The minimum Gasteiger partial charge on any atom is -0.349 e. The van der Waals surface area contributed by atoms with Crippen molar-refractivity contribution in [1.82, 2.24) is 25.4 Å². The summed E-state index contributed by atoms with van der Waals surface area (Å²) in [6.45, 7) is 5.57. The van der Waals surface area contributed by atoms with E-state index in [1.54, 1.807) is 45.2 Å². The molecule has 0 saturated carbocycles. The van der Waals surface area contributed by atoms with Gasteiger partial charge in [-0.1, -0.05) is 38.1 Å². The molecule has 8 nitrogen and oxygen atoms in total. The second kappa shape index (κ2) is 10.2. The number of hydrogen-bond donors (Lipinski definition) is 2. The van der Waals surface area contributed by atoms with E-state index in [0.29, 0.717) is 11.4 Å². The highest BCUT2D eigenvalue weighted by Crippen LogP contribution is 2.42. The molecule has 0 radical (unpaired) electrons. The largest absolute Gasteiger partial charge is 0.416 e. The van der Waals surface area contributed by atoms with Gasteiger partial charge in [-0.05, 0) is 36.6 Å². The third-order valence-corrected chi connectivity index (χ3v) is 6.55. The molecule has 196 valence electrons. The number of nitrogens with zero attached hydrogens (tertiary/aromatic N) is 3. The number of halogens is 3. The number of pyridine rings is 1. The van der Waals surface area contributed by atoms with E-state index in [1.807, 2.05) is 0 Å². The van der Waals surface area contributed by atoms with Crippen molar-refractivity contribution < 1.29 is 27.6 Å². The van der Waals surface area contributed by atoms with E-state index in [9.17, 15) is 27.6 Å². The van der Waals surface area contributed by atoms with Crippen molar-refractivity contribution in [2.24, 2.45) is 5.92 Å². The van der Waals surface area contributed by atoms with Crippen LogP contribution in [0.4, 0.5) is 18.0 Å². The van der Waals surface area contributed by atoms with Crippen LogP contribution in [0.3, 0.4) is 0 Å². The number of hydrogen-bond acceptors (Lipinski definition) is 4. The fourth-order valence-corrected chi connectivity index (χ4v) is 4.90. The van der Waals surface area contributed by atoms with E-state index in [2.05, 4.69) is 15.6 Å². The van der Waals surface area contributed by atoms with Gasteiger partial charge in [0.05, 0.1) is 41.7 Å². The zero-order valence-electron chi connectivity index (χ0n) is 20.7. The molecule has 1 aromatic carbocycles. The average molecular weight is 516 g/mol. The first-order chi connectivity index (χ1) is 17.5. The van der Waals surface area contributed by atoms with Crippen LogP contribution in [0.2, 0.25) is 0 Å². The Morgan fingerprint density at radius 2 is 1.86 bits per heavy atom. The zero-order chi connectivity index (χ0) is 26.9. The van der Waals surface area contributed by atoms with Gasteiger partial charge in [0.15, 0.2) is 0 Å². The molecule has 3 heterocycles. The number of rotatable bonds is 7.